The van der Waals surface area contributed by atoms with E-state index in [0.29, 0.717) is 29.7 Å². The van der Waals surface area contributed by atoms with Gasteiger partial charge < -0.3 is 14.2 Å². The standard InChI is InChI=1S/C34H44O3S2/c1-2-3-4-5-6-13-22-36-31-20-18-30(19-21-31)27-38-34-23-32(37-25-29-16-11-8-12-17-29)33(39-34)26-35-24-28-14-9-7-10-15-28/h7-12,14-21,32-34H,2-6,13,22-27H2,1H3/t32-,33+,34?/m0/s1. The van der Waals surface area contributed by atoms with Gasteiger partial charge in [-0.2, -0.15) is 0 Å². The first kappa shape index (κ1) is 30.0. The molecule has 1 heterocycles. The van der Waals surface area contributed by atoms with Gasteiger partial charge in [0.15, 0.2) is 0 Å². The minimum Gasteiger partial charge on any atom is -0.494 e. The lowest BCUT2D eigenvalue weighted by molar-refractivity contribution is 0.0168. The van der Waals surface area contributed by atoms with Gasteiger partial charge in [-0.15, -0.1) is 23.5 Å². The predicted octanol–water partition coefficient (Wildman–Crippen LogP) is 9.29. The molecule has 3 aromatic rings. The third kappa shape index (κ3) is 11.2. The molecule has 3 atom stereocenters. The molecule has 0 bridgehead atoms. The molecule has 1 fully saturated rings. The lowest BCUT2D eigenvalue weighted by atomic mass is 10.1. The van der Waals surface area contributed by atoms with Crippen molar-refractivity contribution in [2.24, 2.45) is 0 Å². The molecule has 1 aliphatic rings. The van der Waals surface area contributed by atoms with Gasteiger partial charge in [0.1, 0.15) is 5.75 Å². The Bertz CT molecular complexity index is 1030. The van der Waals surface area contributed by atoms with E-state index in [1.54, 1.807) is 0 Å². The summed E-state index contributed by atoms with van der Waals surface area (Å²) in [5.74, 6) is 1.98. The summed E-state index contributed by atoms with van der Waals surface area (Å²) in [6, 6.07) is 29.6. The lowest BCUT2D eigenvalue weighted by Crippen LogP contribution is -2.26. The van der Waals surface area contributed by atoms with Crippen LogP contribution in [0, 0.1) is 0 Å². The predicted molar refractivity (Wildman–Crippen MR) is 168 cm³/mol. The first-order valence-electron chi connectivity index (χ1n) is 14.6. The first-order chi connectivity index (χ1) is 19.3. The number of rotatable bonds is 18. The van der Waals surface area contributed by atoms with Crippen molar-refractivity contribution in [3.63, 3.8) is 0 Å². The summed E-state index contributed by atoms with van der Waals surface area (Å²) < 4.78 is 19.1. The Morgan fingerprint density at radius 3 is 2.13 bits per heavy atom. The van der Waals surface area contributed by atoms with Crippen LogP contribution in [-0.4, -0.2) is 29.1 Å². The van der Waals surface area contributed by atoms with E-state index in [0.717, 1.165) is 31.0 Å². The minimum absolute atomic E-state index is 0.196. The molecular weight excluding hydrogens is 521 g/mol. The molecule has 0 saturated carbocycles. The molecule has 0 N–H and O–H groups in total. The van der Waals surface area contributed by atoms with Gasteiger partial charge in [-0.3, -0.25) is 0 Å². The zero-order chi connectivity index (χ0) is 27.0. The Hall–Kier alpha value is -1.92. The zero-order valence-electron chi connectivity index (χ0n) is 23.3. The molecular formula is C34H44O3S2. The molecule has 1 saturated heterocycles. The summed E-state index contributed by atoms with van der Waals surface area (Å²) in [6.07, 6.45) is 8.97. The highest BCUT2D eigenvalue weighted by atomic mass is 32.2. The van der Waals surface area contributed by atoms with Gasteiger partial charge in [0, 0.05) is 5.75 Å². The van der Waals surface area contributed by atoms with E-state index in [-0.39, 0.29) is 6.10 Å². The van der Waals surface area contributed by atoms with Crippen LogP contribution in [-0.2, 0) is 28.4 Å². The third-order valence-electron chi connectivity index (χ3n) is 6.99. The quantitative estimate of drug-likeness (QED) is 0.144. The van der Waals surface area contributed by atoms with Crippen molar-refractivity contribution in [2.45, 2.75) is 86.8 Å². The van der Waals surface area contributed by atoms with Gasteiger partial charge in [-0.25, -0.2) is 0 Å². The van der Waals surface area contributed by atoms with Crippen LogP contribution in [0.15, 0.2) is 84.9 Å². The maximum atomic E-state index is 6.45. The molecule has 0 amide bonds. The normalized spacial score (nSPS) is 18.8. The van der Waals surface area contributed by atoms with Crippen molar-refractivity contribution in [2.75, 3.05) is 13.2 Å². The summed E-state index contributed by atoms with van der Waals surface area (Å²) in [7, 11) is 0. The van der Waals surface area contributed by atoms with Crippen LogP contribution in [0.2, 0.25) is 0 Å². The van der Waals surface area contributed by atoms with Crippen LogP contribution in [0.4, 0.5) is 0 Å². The van der Waals surface area contributed by atoms with Crippen LogP contribution in [0.3, 0.4) is 0 Å². The van der Waals surface area contributed by atoms with Crippen molar-refractivity contribution in [3.05, 3.63) is 102 Å². The van der Waals surface area contributed by atoms with Crippen LogP contribution < -0.4 is 4.74 Å². The second kappa shape index (κ2) is 17.7. The maximum Gasteiger partial charge on any atom is 0.119 e. The van der Waals surface area contributed by atoms with E-state index in [9.17, 15) is 0 Å². The highest BCUT2D eigenvalue weighted by Crippen LogP contribution is 2.43. The smallest absolute Gasteiger partial charge is 0.119 e. The van der Waals surface area contributed by atoms with Crippen LogP contribution >= 0.6 is 23.5 Å². The topological polar surface area (TPSA) is 27.7 Å². The molecule has 4 rings (SSSR count). The summed E-state index contributed by atoms with van der Waals surface area (Å²) in [4.78, 5) is 0. The van der Waals surface area contributed by atoms with Gasteiger partial charge in [-0.1, -0.05) is 112 Å². The van der Waals surface area contributed by atoms with Gasteiger partial charge >= 0.3 is 0 Å². The van der Waals surface area contributed by atoms with Gasteiger partial charge in [0.05, 0.1) is 42.4 Å². The SMILES string of the molecule is CCCCCCCCOc1ccc(CSC2C[C@H](OCc3ccccc3)[C@@H](COCc3ccccc3)S2)cc1. The largest absolute Gasteiger partial charge is 0.494 e. The van der Waals surface area contributed by atoms with E-state index < -0.39 is 0 Å². The van der Waals surface area contributed by atoms with Gasteiger partial charge in [0.25, 0.3) is 0 Å². The first-order valence-corrected chi connectivity index (χ1v) is 16.6. The maximum absolute atomic E-state index is 6.45. The molecule has 39 heavy (non-hydrogen) atoms. The Balaban J connectivity index is 1.21. The fraction of sp³-hybridized carbons (Fsp3) is 0.471. The summed E-state index contributed by atoms with van der Waals surface area (Å²) in [5.41, 5.74) is 3.78. The van der Waals surface area contributed by atoms with Crippen molar-refractivity contribution in [1.82, 2.24) is 0 Å². The molecule has 3 aromatic carbocycles. The van der Waals surface area contributed by atoms with Crippen molar-refractivity contribution in [1.29, 1.82) is 0 Å². The van der Waals surface area contributed by atoms with E-state index in [1.807, 2.05) is 29.6 Å². The fourth-order valence-corrected chi connectivity index (χ4v) is 7.77. The highest BCUT2D eigenvalue weighted by molar-refractivity contribution is 8.17. The Kier molecular flexibility index (Phi) is 13.6. The molecule has 5 heteroatoms. The van der Waals surface area contributed by atoms with Gasteiger partial charge in [-0.05, 0) is 41.7 Å². The van der Waals surface area contributed by atoms with Crippen LogP contribution in [0.25, 0.3) is 0 Å². The minimum atomic E-state index is 0.196. The number of thioether (sulfide) groups is 2. The molecule has 1 unspecified atom stereocenters. The Morgan fingerprint density at radius 2 is 1.41 bits per heavy atom. The average molecular weight is 565 g/mol. The number of unbranched alkanes of at least 4 members (excludes halogenated alkanes) is 5. The number of hydrogen-bond acceptors (Lipinski definition) is 5. The van der Waals surface area contributed by atoms with Crippen molar-refractivity contribution in [3.8, 4) is 5.75 Å². The molecule has 0 aromatic heterocycles. The lowest BCUT2D eigenvalue weighted by Gasteiger charge is -2.19. The van der Waals surface area contributed by atoms with Gasteiger partial charge in [0.2, 0.25) is 0 Å². The second-order valence-corrected chi connectivity index (χ2v) is 13.2. The number of ether oxygens (including phenoxy) is 3. The number of hydrogen-bond donors (Lipinski definition) is 0. The van der Waals surface area contributed by atoms with E-state index in [1.165, 1.54) is 48.8 Å². The molecule has 3 nitrogen and oxygen atoms in total. The summed E-state index contributed by atoms with van der Waals surface area (Å²) in [5, 5.41) is 0.340. The zero-order valence-corrected chi connectivity index (χ0v) is 25.0. The molecule has 0 radical (unpaired) electrons. The monoisotopic (exact) mass is 564 g/mol. The average Bonchev–Trinajstić information content (AvgIpc) is 3.38. The Morgan fingerprint density at radius 1 is 0.744 bits per heavy atom. The molecule has 210 valence electrons. The van der Waals surface area contributed by atoms with E-state index in [4.69, 9.17) is 14.2 Å². The van der Waals surface area contributed by atoms with Crippen LogP contribution in [0.5, 0.6) is 5.75 Å². The fourth-order valence-electron chi connectivity index (χ4n) is 4.70. The van der Waals surface area contributed by atoms with Crippen molar-refractivity contribution >= 4 is 23.5 Å². The molecule has 0 aliphatic carbocycles. The van der Waals surface area contributed by atoms with Crippen LogP contribution in [0.1, 0.15) is 68.6 Å². The van der Waals surface area contributed by atoms with Crippen molar-refractivity contribution < 1.29 is 14.2 Å². The Labute approximate surface area is 244 Å². The second-order valence-electron chi connectivity index (χ2n) is 10.2. The third-order valence-corrected chi connectivity index (χ3v) is 10.1. The molecule has 0 spiro atoms. The summed E-state index contributed by atoms with van der Waals surface area (Å²) in [6.45, 7) is 5.08. The number of benzene rings is 3. The summed E-state index contributed by atoms with van der Waals surface area (Å²) >= 11 is 4.04. The molecule has 1 aliphatic heterocycles. The van der Waals surface area contributed by atoms with E-state index >= 15 is 0 Å². The van der Waals surface area contributed by atoms with E-state index in [2.05, 4.69) is 85.8 Å². The highest BCUT2D eigenvalue weighted by Gasteiger charge is 2.36.